The van der Waals surface area contributed by atoms with E-state index in [1.54, 1.807) is 0 Å². The molecule has 128 valence electrons. The predicted molar refractivity (Wildman–Crippen MR) is 93.1 cm³/mol. The molecule has 2 atom stereocenters. The molecular weight excluding hydrogens is 288 g/mol. The normalized spacial score (nSPS) is 17.8. The van der Waals surface area contributed by atoms with Crippen LogP contribution >= 0.6 is 0 Å². The Balaban J connectivity index is 1.58. The maximum atomic E-state index is 12.1. The molecule has 0 bridgehead atoms. The molecule has 4 nitrogen and oxygen atoms in total. The van der Waals surface area contributed by atoms with Crippen LogP contribution in [0.25, 0.3) is 0 Å². The highest BCUT2D eigenvalue weighted by Gasteiger charge is 2.17. The van der Waals surface area contributed by atoms with E-state index in [4.69, 9.17) is 4.74 Å². The number of carbonyl (C=O) groups excluding carboxylic acids is 1. The molecular formula is C19H30N2O2. The van der Waals surface area contributed by atoms with Crippen molar-refractivity contribution >= 4 is 5.91 Å². The molecule has 0 aromatic heterocycles. The van der Waals surface area contributed by atoms with Crippen LogP contribution in [0.5, 0.6) is 0 Å². The summed E-state index contributed by atoms with van der Waals surface area (Å²) in [7, 11) is 0. The highest BCUT2D eigenvalue weighted by atomic mass is 16.5. The Kier molecular flexibility index (Phi) is 7.56. The van der Waals surface area contributed by atoms with Crippen LogP contribution in [0.15, 0.2) is 30.3 Å². The van der Waals surface area contributed by atoms with Gasteiger partial charge in [-0.15, -0.1) is 0 Å². The Morgan fingerprint density at radius 1 is 1.22 bits per heavy atom. The van der Waals surface area contributed by atoms with E-state index in [1.165, 1.54) is 25.9 Å². The van der Waals surface area contributed by atoms with Crippen molar-refractivity contribution in [2.75, 3.05) is 32.8 Å². The van der Waals surface area contributed by atoms with Gasteiger partial charge in [0.1, 0.15) is 0 Å². The van der Waals surface area contributed by atoms with E-state index in [0.29, 0.717) is 19.1 Å². The van der Waals surface area contributed by atoms with Gasteiger partial charge in [0.2, 0.25) is 5.91 Å². The second-order valence-electron chi connectivity index (χ2n) is 6.76. The third kappa shape index (κ3) is 6.71. The Hall–Kier alpha value is -1.39. The number of ether oxygens (including phenoxy) is 1. The summed E-state index contributed by atoms with van der Waals surface area (Å²) in [6.45, 7) is 9.40. The molecule has 1 fully saturated rings. The smallest absolute Gasteiger partial charge is 0.225 e. The number of hydrogen-bond donors (Lipinski definition) is 1. The molecule has 1 N–H and O–H groups in total. The number of benzene rings is 1. The Labute approximate surface area is 140 Å². The van der Waals surface area contributed by atoms with Gasteiger partial charge in [0, 0.05) is 13.1 Å². The second-order valence-corrected chi connectivity index (χ2v) is 6.76. The van der Waals surface area contributed by atoms with Crippen LogP contribution in [0.3, 0.4) is 0 Å². The summed E-state index contributed by atoms with van der Waals surface area (Å²) in [5.41, 5.74) is 1.14. The topological polar surface area (TPSA) is 41.6 Å². The summed E-state index contributed by atoms with van der Waals surface area (Å²) in [6.07, 6.45) is 2.63. The lowest BCUT2D eigenvalue weighted by Crippen LogP contribution is -2.37. The van der Waals surface area contributed by atoms with Crippen molar-refractivity contribution in [3.05, 3.63) is 35.9 Å². The molecule has 0 saturated carbocycles. The summed E-state index contributed by atoms with van der Waals surface area (Å²) in [4.78, 5) is 14.6. The van der Waals surface area contributed by atoms with Gasteiger partial charge in [-0.3, -0.25) is 4.79 Å². The van der Waals surface area contributed by atoms with E-state index < -0.39 is 0 Å². The van der Waals surface area contributed by atoms with Gasteiger partial charge in [0.05, 0.1) is 19.1 Å². The SMILES string of the molecule is CC(CNC(=O)C(C)COCc1ccccc1)CN1CCCC1. The number of hydrogen-bond acceptors (Lipinski definition) is 3. The van der Waals surface area contributed by atoms with Gasteiger partial charge in [-0.05, 0) is 37.4 Å². The average molecular weight is 318 g/mol. The Morgan fingerprint density at radius 3 is 2.61 bits per heavy atom. The number of nitrogens with zero attached hydrogens (tertiary/aromatic N) is 1. The molecule has 1 amide bonds. The van der Waals surface area contributed by atoms with Crippen molar-refractivity contribution in [1.29, 1.82) is 0 Å². The first-order valence-corrected chi connectivity index (χ1v) is 8.77. The third-order valence-electron chi connectivity index (χ3n) is 4.32. The third-order valence-corrected chi connectivity index (χ3v) is 4.32. The second kappa shape index (κ2) is 9.68. The summed E-state index contributed by atoms with van der Waals surface area (Å²) < 4.78 is 5.65. The number of amides is 1. The van der Waals surface area contributed by atoms with Crippen molar-refractivity contribution in [2.24, 2.45) is 11.8 Å². The molecule has 2 rings (SSSR count). The molecule has 2 unspecified atom stereocenters. The van der Waals surface area contributed by atoms with Crippen molar-refractivity contribution in [3.63, 3.8) is 0 Å². The summed E-state index contributed by atoms with van der Waals surface area (Å²) in [6, 6.07) is 10.0. The van der Waals surface area contributed by atoms with E-state index in [2.05, 4.69) is 17.1 Å². The van der Waals surface area contributed by atoms with Crippen molar-refractivity contribution in [2.45, 2.75) is 33.3 Å². The van der Waals surface area contributed by atoms with Crippen molar-refractivity contribution in [1.82, 2.24) is 10.2 Å². The minimum atomic E-state index is -0.113. The molecule has 23 heavy (non-hydrogen) atoms. The zero-order valence-corrected chi connectivity index (χ0v) is 14.5. The number of carbonyl (C=O) groups is 1. The highest BCUT2D eigenvalue weighted by Crippen LogP contribution is 2.10. The number of nitrogens with one attached hydrogen (secondary N) is 1. The molecule has 0 aliphatic carbocycles. The van der Waals surface area contributed by atoms with E-state index in [-0.39, 0.29) is 11.8 Å². The Morgan fingerprint density at radius 2 is 1.91 bits per heavy atom. The molecule has 0 spiro atoms. The highest BCUT2D eigenvalue weighted by molar-refractivity contribution is 5.78. The molecule has 1 aliphatic rings. The standard InChI is InChI=1S/C19H30N2O2/c1-16(13-21-10-6-7-11-21)12-20-19(22)17(2)14-23-15-18-8-4-3-5-9-18/h3-5,8-9,16-17H,6-7,10-15H2,1-2H3,(H,20,22). The van der Waals surface area contributed by atoms with Crippen LogP contribution in [0, 0.1) is 11.8 Å². The first-order chi connectivity index (χ1) is 11.1. The van der Waals surface area contributed by atoms with E-state index in [9.17, 15) is 4.79 Å². The van der Waals surface area contributed by atoms with Gasteiger partial charge in [0.25, 0.3) is 0 Å². The predicted octanol–water partition coefficient (Wildman–Crippen LogP) is 2.69. The van der Waals surface area contributed by atoms with Crippen LogP contribution in [0.2, 0.25) is 0 Å². The largest absolute Gasteiger partial charge is 0.376 e. The van der Waals surface area contributed by atoms with Gasteiger partial charge in [-0.1, -0.05) is 44.2 Å². The van der Waals surface area contributed by atoms with Crippen LogP contribution in [-0.4, -0.2) is 43.6 Å². The zero-order chi connectivity index (χ0) is 16.5. The molecule has 0 radical (unpaired) electrons. The molecule has 4 heteroatoms. The summed E-state index contributed by atoms with van der Waals surface area (Å²) in [5.74, 6) is 0.471. The monoisotopic (exact) mass is 318 g/mol. The molecule has 1 aromatic carbocycles. The lowest BCUT2D eigenvalue weighted by Gasteiger charge is -2.21. The van der Waals surface area contributed by atoms with Crippen molar-refractivity contribution < 1.29 is 9.53 Å². The van der Waals surface area contributed by atoms with Crippen LogP contribution in [-0.2, 0) is 16.1 Å². The van der Waals surface area contributed by atoms with Gasteiger partial charge in [0.15, 0.2) is 0 Å². The summed E-state index contributed by atoms with van der Waals surface area (Å²) in [5, 5.41) is 3.06. The lowest BCUT2D eigenvalue weighted by atomic mass is 10.1. The quantitative estimate of drug-likeness (QED) is 0.761. The van der Waals surface area contributed by atoms with Crippen LogP contribution < -0.4 is 5.32 Å². The zero-order valence-electron chi connectivity index (χ0n) is 14.5. The molecule has 1 heterocycles. The molecule has 1 aliphatic heterocycles. The Bertz CT molecular complexity index is 458. The van der Waals surface area contributed by atoms with Crippen molar-refractivity contribution in [3.8, 4) is 0 Å². The van der Waals surface area contributed by atoms with Gasteiger partial charge in [-0.2, -0.15) is 0 Å². The van der Waals surface area contributed by atoms with Gasteiger partial charge < -0.3 is 15.0 Å². The van der Waals surface area contributed by atoms with Crippen LogP contribution in [0.1, 0.15) is 32.3 Å². The number of likely N-dealkylation sites (tertiary alicyclic amines) is 1. The molecule has 1 saturated heterocycles. The fraction of sp³-hybridized carbons (Fsp3) is 0.632. The first kappa shape index (κ1) is 18.0. The van der Waals surface area contributed by atoms with Gasteiger partial charge in [-0.25, -0.2) is 0 Å². The lowest BCUT2D eigenvalue weighted by molar-refractivity contribution is -0.126. The maximum absolute atomic E-state index is 12.1. The minimum absolute atomic E-state index is 0.0892. The van der Waals surface area contributed by atoms with Crippen LogP contribution in [0.4, 0.5) is 0 Å². The van der Waals surface area contributed by atoms with E-state index in [1.807, 2.05) is 37.3 Å². The molecule has 1 aromatic rings. The average Bonchev–Trinajstić information content (AvgIpc) is 3.06. The first-order valence-electron chi connectivity index (χ1n) is 8.77. The minimum Gasteiger partial charge on any atom is -0.376 e. The fourth-order valence-electron chi connectivity index (χ4n) is 2.92. The maximum Gasteiger partial charge on any atom is 0.225 e. The van der Waals surface area contributed by atoms with Gasteiger partial charge >= 0.3 is 0 Å². The summed E-state index contributed by atoms with van der Waals surface area (Å²) >= 11 is 0. The van der Waals surface area contributed by atoms with E-state index in [0.717, 1.165) is 18.7 Å². The fourth-order valence-corrected chi connectivity index (χ4v) is 2.92. The van der Waals surface area contributed by atoms with E-state index >= 15 is 0 Å². The number of rotatable bonds is 9.